The Labute approximate surface area is 84.4 Å². The van der Waals surface area contributed by atoms with Crippen LogP contribution in [0.1, 0.15) is 32.1 Å². The number of hydrogen-bond acceptors (Lipinski definition) is 3. The lowest BCUT2D eigenvalue weighted by atomic mass is 9.71. The third kappa shape index (κ3) is 2.69. The van der Waals surface area contributed by atoms with Gasteiger partial charge in [-0.25, -0.2) is 0 Å². The van der Waals surface area contributed by atoms with Crippen molar-refractivity contribution in [3.05, 3.63) is 0 Å². The zero-order valence-corrected chi connectivity index (χ0v) is 8.66. The van der Waals surface area contributed by atoms with Gasteiger partial charge in [-0.05, 0) is 31.2 Å². The molecule has 1 saturated carbocycles. The Bertz CT molecular complexity index is 208. The molecule has 3 N–H and O–H groups in total. The summed E-state index contributed by atoms with van der Waals surface area (Å²) in [4.78, 5) is 10.7. The predicted octanol–water partition coefficient (Wildman–Crippen LogP) is 0.995. The summed E-state index contributed by atoms with van der Waals surface area (Å²) in [6.45, 7) is 0.444. The van der Waals surface area contributed by atoms with E-state index in [4.69, 9.17) is 15.6 Å². The molecule has 1 rings (SSSR count). The molecule has 1 fully saturated rings. The second-order valence-corrected chi connectivity index (χ2v) is 4.23. The minimum absolute atomic E-state index is 0.170. The van der Waals surface area contributed by atoms with Crippen LogP contribution in [-0.2, 0) is 9.53 Å². The van der Waals surface area contributed by atoms with E-state index in [0.29, 0.717) is 6.54 Å². The van der Waals surface area contributed by atoms with E-state index in [1.165, 1.54) is 0 Å². The fourth-order valence-corrected chi connectivity index (χ4v) is 2.33. The molecule has 2 unspecified atom stereocenters. The average Bonchev–Trinajstić information content (AvgIpc) is 2.17. The average molecular weight is 201 g/mol. The maximum Gasteiger partial charge on any atom is 0.303 e. The number of carboxylic acids is 1. The van der Waals surface area contributed by atoms with Gasteiger partial charge in [-0.15, -0.1) is 0 Å². The van der Waals surface area contributed by atoms with Gasteiger partial charge >= 0.3 is 5.97 Å². The summed E-state index contributed by atoms with van der Waals surface area (Å²) in [7, 11) is 1.68. The highest BCUT2D eigenvalue weighted by atomic mass is 16.5. The van der Waals surface area contributed by atoms with Crippen LogP contribution in [0.4, 0.5) is 0 Å². The maximum absolute atomic E-state index is 10.7. The highest BCUT2D eigenvalue weighted by Crippen LogP contribution is 2.39. The monoisotopic (exact) mass is 201 g/mol. The molecule has 0 bridgehead atoms. The molecular weight excluding hydrogens is 182 g/mol. The standard InChI is InChI=1S/C10H19NO3/c1-14-8-3-2-4-10(5-8,7-11)6-9(12)13/h8H,2-7,11H2,1H3,(H,12,13). The van der Waals surface area contributed by atoms with Crippen molar-refractivity contribution in [1.82, 2.24) is 0 Å². The van der Waals surface area contributed by atoms with Crippen LogP contribution in [0.25, 0.3) is 0 Å². The first-order chi connectivity index (χ1) is 6.62. The molecule has 0 aliphatic heterocycles. The van der Waals surface area contributed by atoms with Crippen molar-refractivity contribution >= 4 is 5.97 Å². The summed E-state index contributed by atoms with van der Waals surface area (Å²) < 4.78 is 5.28. The number of hydrogen-bond donors (Lipinski definition) is 2. The number of carboxylic acid groups (broad SMARTS) is 1. The van der Waals surface area contributed by atoms with Gasteiger partial charge in [-0.1, -0.05) is 6.42 Å². The lowest BCUT2D eigenvalue weighted by Gasteiger charge is -2.38. The molecule has 0 aromatic rings. The van der Waals surface area contributed by atoms with Crippen LogP contribution in [-0.4, -0.2) is 30.8 Å². The van der Waals surface area contributed by atoms with Gasteiger partial charge in [0.1, 0.15) is 0 Å². The van der Waals surface area contributed by atoms with Crippen LogP contribution in [0.2, 0.25) is 0 Å². The molecule has 0 aromatic carbocycles. The van der Waals surface area contributed by atoms with Gasteiger partial charge in [0.15, 0.2) is 0 Å². The molecule has 0 aromatic heterocycles. The van der Waals surface area contributed by atoms with E-state index in [0.717, 1.165) is 25.7 Å². The van der Waals surface area contributed by atoms with Crippen LogP contribution < -0.4 is 5.73 Å². The smallest absolute Gasteiger partial charge is 0.303 e. The van der Waals surface area contributed by atoms with Gasteiger partial charge < -0.3 is 15.6 Å². The third-order valence-corrected chi connectivity index (χ3v) is 3.19. The van der Waals surface area contributed by atoms with E-state index < -0.39 is 5.97 Å². The Kier molecular flexibility index (Phi) is 3.89. The van der Waals surface area contributed by atoms with Crippen LogP contribution in [0.5, 0.6) is 0 Å². The number of ether oxygens (including phenoxy) is 1. The Morgan fingerprint density at radius 3 is 2.93 bits per heavy atom. The summed E-state index contributed by atoms with van der Waals surface area (Å²) in [5.41, 5.74) is 5.45. The molecule has 2 atom stereocenters. The number of methoxy groups -OCH3 is 1. The molecule has 4 heteroatoms. The van der Waals surface area contributed by atoms with Gasteiger partial charge in [-0.2, -0.15) is 0 Å². The van der Waals surface area contributed by atoms with Gasteiger partial charge in [0, 0.05) is 7.11 Å². The zero-order chi connectivity index (χ0) is 10.6. The molecule has 0 spiro atoms. The maximum atomic E-state index is 10.7. The van der Waals surface area contributed by atoms with Gasteiger partial charge in [0.25, 0.3) is 0 Å². The Morgan fingerprint density at radius 2 is 2.43 bits per heavy atom. The second-order valence-electron chi connectivity index (χ2n) is 4.23. The third-order valence-electron chi connectivity index (χ3n) is 3.19. The second kappa shape index (κ2) is 4.75. The van der Waals surface area contributed by atoms with Crippen molar-refractivity contribution in [3.8, 4) is 0 Å². The summed E-state index contributed by atoms with van der Waals surface area (Å²) in [6, 6.07) is 0. The molecule has 14 heavy (non-hydrogen) atoms. The molecule has 4 nitrogen and oxygen atoms in total. The minimum atomic E-state index is -0.757. The molecular formula is C10H19NO3. The van der Waals surface area contributed by atoms with E-state index in [1.54, 1.807) is 7.11 Å². The Balaban J connectivity index is 2.62. The number of aliphatic carboxylic acids is 1. The Hall–Kier alpha value is -0.610. The number of carbonyl (C=O) groups is 1. The van der Waals surface area contributed by atoms with Crippen LogP contribution in [0, 0.1) is 5.41 Å². The van der Waals surface area contributed by atoms with Crippen molar-refractivity contribution < 1.29 is 14.6 Å². The molecule has 0 saturated heterocycles. The summed E-state index contributed by atoms with van der Waals surface area (Å²) in [6.07, 6.45) is 4.10. The van der Waals surface area contributed by atoms with Crippen LogP contribution in [0.15, 0.2) is 0 Å². The fraction of sp³-hybridized carbons (Fsp3) is 0.900. The molecule has 1 aliphatic carbocycles. The first kappa shape index (κ1) is 11.5. The van der Waals surface area contributed by atoms with E-state index in [2.05, 4.69) is 0 Å². The SMILES string of the molecule is COC1CCCC(CN)(CC(=O)O)C1. The lowest BCUT2D eigenvalue weighted by Crippen LogP contribution is -2.40. The summed E-state index contributed by atoms with van der Waals surface area (Å²) in [5.74, 6) is -0.757. The minimum Gasteiger partial charge on any atom is -0.481 e. The van der Waals surface area contributed by atoms with Crippen molar-refractivity contribution in [2.24, 2.45) is 11.1 Å². The van der Waals surface area contributed by atoms with Crippen molar-refractivity contribution in [1.29, 1.82) is 0 Å². The van der Waals surface area contributed by atoms with Crippen LogP contribution in [0.3, 0.4) is 0 Å². The van der Waals surface area contributed by atoms with Crippen LogP contribution >= 0.6 is 0 Å². The largest absolute Gasteiger partial charge is 0.481 e. The number of rotatable bonds is 4. The van der Waals surface area contributed by atoms with Gasteiger partial charge in [-0.3, -0.25) is 4.79 Å². The molecule has 0 heterocycles. The quantitative estimate of drug-likeness (QED) is 0.711. The van der Waals surface area contributed by atoms with Gasteiger partial charge in [0.05, 0.1) is 12.5 Å². The fourth-order valence-electron chi connectivity index (χ4n) is 2.33. The van der Waals surface area contributed by atoms with E-state index >= 15 is 0 Å². The number of nitrogens with two attached hydrogens (primary N) is 1. The first-order valence-electron chi connectivity index (χ1n) is 5.06. The highest BCUT2D eigenvalue weighted by molar-refractivity contribution is 5.67. The zero-order valence-electron chi connectivity index (χ0n) is 8.66. The van der Waals surface area contributed by atoms with Crippen molar-refractivity contribution in [2.75, 3.05) is 13.7 Å². The van der Waals surface area contributed by atoms with E-state index in [1.807, 2.05) is 0 Å². The predicted molar refractivity (Wildman–Crippen MR) is 53.0 cm³/mol. The Morgan fingerprint density at radius 1 is 1.71 bits per heavy atom. The van der Waals surface area contributed by atoms with E-state index in [9.17, 15) is 4.79 Å². The van der Waals surface area contributed by atoms with Gasteiger partial charge in [0.2, 0.25) is 0 Å². The lowest BCUT2D eigenvalue weighted by molar-refractivity contribution is -0.141. The normalized spacial score (nSPS) is 32.9. The summed E-state index contributed by atoms with van der Waals surface area (Å²) in [5, 5.41) is 8.82. The summed E-state index contributed by atoms with van der Waals surface area (Å²) >= 11 is 0. The highest BCUT2D eigenvalue weighted by Gasteiger charge is 2.37. The molecule has 1 aliphatic rings. The van der Waals surface area contributed by atoms with Crippen molar-refractivity contribution in [2.45, 2.75) is 38.2 Å². The molecule has 0 radical (unpaired) electrons. The van der Waals surface area contributed by atoms with Crippen molar-refractivity contribution in [3.63, 3.8) is 0 Å². The molecule has 82 valence electrons. The topological polar surface area (TPSA) is 72.5 Å². The van der Waals surface area contributed by atoms with E-state index in [-0.39, 0.29) is 17.9 Å². The first-order valence-corrected chi connectivity index (χ1v) is 5.06. The molecule has 0 amide bonds.